The summed E-state index contributed by atoms with van der Waals surface area (Å²) in [4.78, 5) is 11.3. The van der Waals surface area contributed by atoms with Crippen molar-refractivity contribution >= 4 is 5.97 Å². The number of aliphatic carboxylic acids is 1. The number of carbonyl (C=O) groups is 1. The van der Waals surface area contributed by atoms with E-state index in [9.17, 15) is 15.0 Å². The summed E-state index contributed by atoms with van der Waals surface area (Å²) in [6, 6.07) is 0. The Morgan fingerprint density at radius 3 is 2.06 bits per heavy atom. The average Bonchev–Trinajstić information content (AvgIpc) is 2.16. The van der Waals surface area contributed by atoms with Crippen LogP contribution in [0.4, 0.5) is 0 Å². The summed E-state index contributed by atoms with van der Waals surface area (Å²) in [5.74, 6) is -1.06. The van der Waals surface area contributed by atoms with Gasteiger partial charge in [0.25, 0.3) is 0 Å². The molecule has 102 valence electrons. The van der Waals surface area contributed by atoms with Crippen LogP contribution in [0.2, 0.25) is 0 Å². The van der Waals surface area contributed by atoms with Crippen molar-refractivity contribution in [1.82, 2.24) is 0 Å². The predicted molar refractivity (Wildman–Crippen MR) is 64.0 cm³/mol. The van der Waals surface area contributed by atoms with Gasteiger partial charge in [-0.3, -0.25) is 0 Å². The van der Waals surface area contributed by atoms with Gasteiger partial charge in [-0.25, -0.2) is 4.79 Å². The lowest BCUT2D eigenvalue weighted by atomic mass is 9.90. The standard InChI is InChI=1S/C12H24O5/c1-8(13)9(2)17-12(5,10(14)15)7-11(3,4)16-6/h8-9,13H,7H2,1-6H3,(H,14,15). The number of aliphatic hydroxyl groups is 1. The monoisotopic (exact) mass is 248 g/mol. The van der Waals surface area contributed by atoms with Crippen molar-refractivity contribution in [2.24, 2.45) is 0 Å². The molecule has 5 nitrogen and oxygen atoms in total. The molecule has 5 heteroatoms. The molecule has 2 N–H and O–H groups in total. The zero-order chi connectivity index (χ0) is 13.9. The second-order valence-electron chi connectivity index (χ2n) is 5.24. The summed E-state index contributed by atoms with van der Waals surface area (Å²) in [6.45, 7) is 8.30. The van der Waals surface area contributed by atoms with Crippen LogP contribution in [0.15, 0.2) is 0 Å². The number of methoxy groups -OCH3 is 1. The fraction of sp³-hybridized carbons (Fsp3) is 0.917. The Hall–Kier alpha value is -0.650. The third-order valence-corrected chi connectivity index (χ3v) is 2.89. The Labute approximate surface area is 103 Å². The molecule has 0 amide bonds. The van der Waals surface area contributed by atoms with E-state index in [1.165, 1.54) is 14.0 Å². The Balaban J connectivity index is 4.87. The highest BCUT2D eigenvalue weighted by Gasteiger charge is 2.42. The van der Waals surface area contributed by atoms with E-state index in [1.807, 2.05) is 0 Å². The number of rotatable bonds is 7. The van der Waals surface area contributed by atoms with Gasteiger partial charge in [0.2, 0.25) is 0 Å². The van der Waals surface area contributed by atoms with E-state index in [0.717, 1.165) is 0 Å². The molecule has 0 aromatic heterocycles. The molecule has 17 heavy (non-hydrogen) atoms. The first kappa shape index (κ1) is 16.4. The number of hydrogen-bond donors (Lipinski definition) is 2. The van der Waals surface area contributed by atoms with Crippen molar-refractivity contribution in [2.45, 2.75) is 64.4 Å². The average molecular weight is 248 g/mol. The molecule has 0 aromatic rings. The van der Waals surface area contributed by atoms with Crippen molar-refractivity contribution in [3.05, 3.63) is 0 Å². The molecule has 0 radical (unpaired) electrons. The molecule has 0 heterocycles. The molecule has 0 bridgehead atoms. The van der Waals surface area contributed by atoms with Gasteiger partial charge in [-0.1, -0.05) is 0 Å². The van der Waals surface area contributed by atoms with Gasteiger partial charge in [-0.2, -0.15) is 0 Å². The van der Waals surface area contributed by atoms with E-state index in [1.54, 1.807) is 27.7 Å². The molecule has 0 saturated heterocycles. The van der Waals surface area contributed by atoms with Crippen LogP contribution in [0, 0.1) is 0 Å². The molecule has 0 aliphatic heterocycles. The quantitative estimate of drug-likeness (QED) is 0.713. The highest BCUT2D eigenvalue weighted by Crippen LogP contribution is 2.28. The zero-order valence-electron chi connectivity index (χ0n) is 11.5. The molecule has 3 unspecified atom stereocenters. The second-order valence-corrected chi connectivity index (χ2v) is 5.24. The van der Waals surface area contributed by atoms with Gasteiger partial charge < -0.3 is 19.7 Å². The molecule has 0 aromatic carbocycles. The molecule has 0 rings (SSSR count). The minimum absolute atomic E-state index is 0.197. The third-order valence-electron chi connectivity index (χ3n) is 2.89. The Morgan fingerprint density at radius 1 is 1.29 bits per heavy atom. The summed E-state index contributed by atoms with van der Waals surface area (Å²) in [6.07, 6.45) is -1.08. The zero-order valence-corrected chi connectivity index (χ0v) is 11.5. The van der Waals surface area contributed by atoms with Crippen LogP contribution in [0.1, 0.15) is 41.0 Å². The first-order valence-electron chi connectivity index (χ1n) is 5.68. The van der Waals surface area contributed by atoms with Gasteiger partial charge in [0, 0.05) is 13.5 Å². The molecule has 3 atom stereocenters. The third kappa shape index (κ3) is 5.02. The molecule has 0 saturated carbocycles. The number of ether oxygens (including phenoxy) is 2. The van der Waals surface area contributed by atoms with Crippen LogP contribution in [0.5, 0.6) is 0 Å². The minimum atomic E-state index is -1.38. The van der Waals surface area contributed by atoms with Gasteiger partial charge in [0.15, 0.2) is 5.60 Å². The minimum Gasteiger partial charge on any atom is -0.479 e. The van der Waals surface area contributed by atoms with Crippen molar-refractivity contribution in [3.8, 4) is 0 Å². The topological polar surface area (TPSA) is 76.0 Å². The highest BCUT2D eigenvalue weighted by molar-refractivity contribution is 5.77. The van der Waals surface area contributed by atoms with Gasteiger partial charge in [0.05, 0.1) is 17.8 Å². The van der Waals surface area contributed by atoms with Gasteiger partial charge in [-0.15, -0.1) is 0 Å². The van der Waals surface area contributed by atoms with Crippen LogP contribution >= 0.6 is 0 Å². The van der Waals surface area contributed by atoms with E-state index in [4.69, 9.17) is 9.47 Å². The maximum Gasteiger partial charge on any atom is 0.335 e. The lowest BCUT2D eigenvalue weighted by molar-refractivity contribution is -0.187. The van der Waals surface area contributed by atoms with Crippen molar-refractivity contribution in [1.29, 1.82) is 0 Å². The highest BCUT2D eigenvalue weighted by atomic mass is 16.5. The summed E-state index contributed by atoms with van der Waals surface area (Å²) in [5.41, 5.74) is -1.98. The van der Waals surface area contributed by atoms with Crippen LogP contribution in [-0.2, 0) is 14.3 Å². The largest absolute Gasteiger partial charge is 0.479 e. The van der Waals surface area contributed by atoms with Crippen molar-refractivity contribution in [3.63, 3.8) is 0 Å². The number of aliphatic hydroxyl groups excluding tert-OH is 1. The maximum absolute atomic E-state index is 11.3. The predicted octanol–water partition coefficient (Wildman–Crippen LogP) is 1.43. The summed E-state index contributed by atoms with van der Waals surface area (Å²) < 4.78 is 10.7. The van der Waals surface area contributed by atoms with E-state index >= 15 is 0 Å². The van der Waals surface area contributed by atoms with Crippen LogP contribution in [-0.4, -0.2) is 46.7 Å². The van der Waals surface area contributed by atoms with Crippen LogP contribution in [0.25, 0.3) is 0 Å². The van der Waals surface area contributed by atoms with Crippen LogP contribution in [0.3, 0.4) is 0 Å². The summed E-state index contributed by atoms with van der Waals surface area (Å²) in [5, 5.41) is 18.6. The molecule has 0 aliphatic rings. The Kier molecular flexibility index (Phi) is 5.58. The van der Waals surface area contributed by atoms with Gasteiger partial charge in [0.1, 0.15) is 0 Å². The van der Waals surface area contributed by atoms with Crippen molar-refractivity contribution in [2.75, 3.05) is 7.11 Å². The normalized spacial score (nSPS) is 19.5. The molecule has 0 spiro atoms. The molecular weight excluding hydrogens is 224 g/mol. The van der Waals surface area contributed by atoms with E-state index in [-0.39, 0.29) is 6.42 Å². The summed E-state index contributed by atoms with van der Waals surface area (Å²) in [7, 11) is 1.53. The fourth-order valence-electron chi connectivity index (χ4n) is 1.56. The first-order chi connectivity index (χ1) is 7.54. The fourth-order valence-corrected chi connectivity index (χ4v) is 1.56. The van der Waals surface area contributed by atoms with Gasteiger partial charge in [-0.05, 0) is 34.6 Å². The van der Waals surface area contributed by atoms with Crippen LogP contribution < -0.4 is 0 Å². The molecule has 0 aliphatic carbocycles. The smallest absolute Gasteiger partial charge is 0.335 e. The summed E-state index contributed by atoms with van der Waals surface area (Å²) >= 11 is 0. The van der Waals surface area contributed by atoms with Gasteiger partial charge >= 0.3 is 5.97 Å². The number of carboxylic acids is 1. The van der Waals surface area contributed by atoms with E-state index in [0.29, 0.717) is 0 Å². The van der Waals surface area contributed by atoms with E-state index < -0.39 is 29.4 Å². The maximum atomic E-state index is 11.3. The lowest BCUT2D eigenvalue weighted by Crippen LogP contribution is -2.48. The Morgan fingerprint density at radius 2 is 1.76 bits per heavy atom. The lowest BCUT2D eigenvalue weighted by Gasteiger charge is -2.36. The van der Waals surface area contributed by atoms with Crippen molar-refractivity contribution < 1.29 is 24.5 Å². The molecular formula is C12H24O5. The first-order valence-corrected chi connectivity index (χ1v) is 5.68. The number of carboxylic acid groups (broad SMARTS) is 1. The SMILES string of the molecule is COC(C)(C)CC(C)(OC(C)C(C)O)C(=O)O. The second kappa shape index (κ2) is 5.80. The molecule has 0 fully saturated rings. The number of hydrogen-bond acceptors (Lipinski definition) is 4. The Bertz CT molecular complexity index is 262. The van der Waals surface area contributed by atoms with E-state index in [2.05, 4.69) is 0 Å².